The normalized spacial score (nSPS) is 12.6. The van der Waals surface area contributed by atoms with E-state index in [4.69, 9.17) is 0 Å². The molecule has 17 heavy (non-hydrogen) atoms. The number of aromatic nitrogens is 2. The van der Waals surface area contributed by atoms with E-state index >= 15 is 0 Å². The zero-order valence-electron chi connectivity index (χ0n) is 10.0. The second-order valence-electron chi connectivity index (χ2n) is 3.94. The van der Waals surface area contributed by atoms with E-state index in [0.717, 1.165) is 16.8 Å². The van der Waals surface area contributed by atoms with Crippen molar-refractivity contribution in [2.45, 2.75) is 13.0 Å². The summed E-state index contributed by atoms with van der Waals surface area (Å²) in [6.45, 7) is 3.01. The molecule has 3 nitrogen and oxygen atoms in total. The van der Waals surface area contributed by atoms with Crippen LogP contribution in [0.1, 0.15) is 24.4 Å². The average molecular weight is 294 g/mol. The maximum absolute atomic E-state index is 4.43. The highest BCUT2D eigenvalue weighted by atomic mass is 79.9. The first kappa shape index (κ1) is 12.3. The molecule has 1 aromatic heterocycles. The molecule has 0 aliphatic carbocycles. The Hall–Kier alpha value is -1.13. The van der Waals surface area contributed by atoms with Crippen LogP contribution >= 0.6 is 15.9 Å². The van der Waals surface area contributed by atoms with Crippen molar-refractivity contribution >= 4 is 15.9 Å². The summed E-state index contributed by atoms with van der Waals surface area (Å²) in [4.78, 5) is 4.43. The Kier molecular flexibility index (Phi) is 3.97. The quantitative estimate of drug-likeness (QED) is 0.939. The molecule has 1 N–H and O–H groups in total. The molecule has 0 saturated heterocycles. The van der Waals surface area contributed by atoms with Gasteiger partial charge in [-0.3, -0.25) is 0 Å². The Bertz CT molecular complexity index is 493. The van der Waals surface area contributed by atoms with Crippen molar-refractivity contribution in [3.63, 3.8) is 0 Å². The van der Waals surface area contributed by atoms with Gasteiger partial charge in [0.25, 0.3) is 0 Å². The minimum atomic E-state index is 0.137. The SMILES string of the molecule is CCNC(c1cccc(Br)c1)c1nccn1C. The fourth-order valence-corrected chi connectivity index (χ4v) is 2.32. The van der Waals surface area contributed by atoms with Crippen molar-refractivity contribution in [2.24, 2.45) is 7.05 Å². The van der Waals surface area contributed by atoms with Gasteiger partial charge < -0.3 is 9.88 Å². The van der Waals surface area contributed by atoms with Crippen LogP contribution in [0.2, 0.25) is 0 Å². The average Bonchev–Trinajstić information content (AvgIpc) is 2.72. The lowest BCUT2D eigenvalue weighted by Crippen LogP contribution is -2.24. The van der Waals surface area contributed by atoms with Crippen LogP contribution in [0.15, 0.2) is 41.1 Å². The third kappa shape index (κ3) is 2.76. The third-order valence-electron chi connectivity index (χ3n) is 2.71. The first-order chi connectivity index (χ1) is 8.22. The summed E-state index contributed by atoms with van der Waals surface area (Å²) >= 11 is 3.51. The van der Waals surface area contributed by atoms with Gasteiger partial charge in [-0.05, 0) is 24.2 Å². The lowest BCUT2D eigenvalue weighted by Gasteiger charge is -2.18. The van der Waals surface area contributed by atoms with Gasteiger partial charge in [-0.25, -0.2) is 4.98 Å². The van der Waals surface area contributed by atoms with Crippen LogP contribution in [-0.2, 0) is 7.05 Å². The molecule has 0 bridgehead atoms. The molecular weight excluding hydrogens is 278 g/mol. The minimum absolute atomic E-state index is 0.137. The van der Waals surface area contributed by atoms with E-state index in [1.807, 2.05) is 36.1 Å². The molecule has 0 fully saturated rings. The Balaban J connectivity index is 2.39. The first-order valence-corrected chi connectivity index (χ1v) is 6.47. The Labute approximate surface area is 110 Å². The van der Waals surface area contributed by atoms with Gasteiger partial charge in [0.05, 0.1) is 6.04 Å². The van der Waals surface area contributed by atoms with Crippen molar-refractivity contribution in [1.29, 1.82) is 0 Å². The fraction of sp³-hybridized carbons (Fsp3) is 0.308. The molecule has 0 saturated carbocycles. The summed E-state index contributed by atoms with van der Waals surface area (Å²) < 4.78 is 3.14. The van der Waals surface area contributed by atoms with Crippen molar-refractivity contribution in [3.8, 4) is 0 Å². The van der Waals surface area contributed by atoms with E-state index in [0.29, 0.717) is 0 Å². The van der Waals surface area contributed by atoms with Crippen molar-refractivity contribution < 1.29 is 0 Å². The maximum atomic E-state index is 4.43. The number of rotatable bonds is 4. The lowest BCUT2D eigenvalue weighted by molar-refractivity contribution is 0.577. The Morgan fingerprint density at radius 1 is 1.47 bits per heavy atom. The molecule has 1 atom stereocenters. The van der Waals surface area contributed by atoms with Crippen LogP contribution in [0, 0.1) is 0 Å². The fourth-order valence-electron chi connectivity index (χ4n) is 1.90. The molecule has 0 amide bonds. The summed E-state index contributed by atoms with van der Waals surface area (Å²) in [6.07, 6.45) is 3.80. The highest BCUT2D eigenvalue weighted by molar-refractivity contribution is 9.10. The predicted molar refractivity (Wildman–Crippen MR) is 72.9 cm³/mol. The Morgan fingerprint density at radius 2 is 2.29 bits per heavy atom. The molecule has 90 valence electrons. The second-order valence-corrected chi connectivity index (χ2v) is 4.86. The van der Waals surface area contributed by atoms with Gasteiger partial charge in [0.2, 0.25) is 0 Å². The van der Waals surface area contributed by atoms with Crippen LogP contribution in [-0.4, -0.2) is 16.1 Å². The van der Waals surface area contributed by atoms with Gasteiger partial charge in [0, 0.05) is 23.9 Å². The number of halogens is 1. The summed E-state index contributed by atoms with van der Waals surface area (Å²) in [6, 6.07) is 8.46. The first-order valence-electron chi connectivity index (χ1n) is 5.68. The topological polar surface area (TPSA) is 29.9 Å². The number of aryl methyl sites for hydroxylation is 1. The van der Waals surface area contributed by atoms with E-state index in [1.165, 1.54) is 5.56 Å². The van der Waals surface area contributed by atoms with Crippen LogP contribution in [0.3, 0.4) is 0 Å². The zero-order chi connectivity index (χ0) is 12.3. The highest BCUT2D eigenvalue weighted by Gasteiger charge is 2.16. The molecule has 0 aliphatic heterocycles. The monoisotopic (exact) mass is 293 g/mol. The molecular formula is C13H16BrN3. The summed E-state index contributed by atoms with van der Waals surface area (Å²) in [5, 5.41) is 3.47. The second kappa shape index (κ2) is 5.47. The van der Waals surface area contributed by atoms with Crippen LogP contribution in [0.4, 0.5) is 0 Å². The number of imidazole rings is 1. The molecule has 2 rings (SSSR count). The van der Waals surface area contributed by atoms with Crippen LogP contribution in [0.5, 0.6) is 0 Å². The number of nitrogens with one attached hydrogen (secondary N) is 1. The highest BCUT2D eigenvalue weighted by Crippen LogP contribution is 2.23. The van der Waals surface area contributed by atoms with Crippen molar-refractivity contribution in [3.05, 3.63) is 52.5 Å². The van der Waals surface area contributed by atoms with Gasteiger partial charge >= 0.3 is 0 Å². The lowest BCUT2D eigenvalue weighted by atomic mass is 10.1. The van der Waals surface area contributed by atoms with Gasteiger partial charge in [0.1, 0.15) is 5.82 Å². The number of hydrogen-bond acceptors (Lipinski definition) is 2. The number of nitrogens with zero attached hydrogens (tertiary/aromatic N) is 2. The van der Waals surface area contributed by atoms with E-state index in [2.05, 4.69) is 45.3 Å². The van der Waals surface area contributed by atoms with E-state index in [1.54, 1.807) is 0 Å². The summed E-state index contributed by atoms with van der Waals surface area (Å²) in [5.74, 6) is 1.03. The molecule has 1 aromatic carbocycles. The molecule has 0 aliphatic rings. The van der Waals surface area contributed by atoms with E-state index < -0.39 is 0 Å². The molecule has 1 unspecified atom stereocenters. The largest absolute Gasteiger partial charge is 0.336 e. The summed E-state index contributed by atoms with van der Waals surface area (Å²) in [7, 11) is 2.02. The standard InChI is InChI=1S/C13H16BrN3/c1-3-15-12(13-16-7-8-17(13)2)10-5-4-6-11(14)9-10/h4-9,12,15H,3H2,1-2H3. The Morgan fingerprint density at radius 3 is 2.88 bits per heavy atom. The number of hydrogen-bond donors (Lipinski definition) is 1. The molecule has 2 aromatic rings. The predicted octanol–water partition coefficient (Wildman–Crippen LogP) is 2.88. The van der Waals surface area contributed by atoms with Gasteiger partial charge in [0.15, 0.2) is 0 Å². The molecule has 0 radical (unpaired) electrons. The zero-order valence-corrected chi connectivity index (χ0v) is 11.6. The van der Waals surface area contributed by atoms with Crippen LogP contribution < -0.4 is 5.32 Å². The van der Waals surface area contributed by atoms with Gasteiger partial charge in [-0.15, -0.1) is 0 Å². The smallest absolute Gasteiger partial charge is 0.130 e. The van der Waals surface area contributed by atoms with E-state index in [-0.39, 0.29) is 6.04 Å². The maximum Gasteiger partial charge on any atom is 0.130 e. The van der Waals surface area contributed by atoms with E-state index in [9.17, 15) is 0 Å². The van der Waals surface area contributed by atoms with Crippen molar-refractivity contribution in [2.75, 3.05) is 6.54 Å². The van der Waals surface area contributed by atoms with Crippen molar-refractivity contribution in [1.82, 2.24) is 14.9 Å². The molecule has 1 heterocycles. The van der Waals surface area contributed by atoms with Gasteiger partial charge in [-0.1, -0.05) is 35.0 Å². The number of benzene rings is 1. The molecule has 0 spiro atoms. The summed E-state index contributed by atoms with van der Waals surface area (Å²) in [5.41, 5.74) is 1.22. The molecule has 4 heteroatoms. The minimum Gasteiger partial charge on any atom is -0.336 e. The van der Waals surface area contributed by atoms with Gasteiger partial charge in [-0.2, -0.15) is 0 Å². The van der Waals surface area contributed by atoms with Crippen LogP contribution in [0.25, 0.3) is 0 Å². The third-order valence-corrected chi connectivity index (χ3v) is 3.20.